The number of hydrogen-bond acceptors (Lipinski definition) is 3. The molecule has 0 atom stereocenters. The molecule has 0 unspecified atom stereocenters. The van der Waals surface area contributed by atoms with Crippen molar-refractivity contribution >= 4 is 17.8 Å². The van der Waals surface area contributed by atoms with Gasteiger partial charge in [-0.05, 0) is 25.0 Å². The van der Waals surface area contributed by atoms with Gasteiger partial charge in [0.15, 0.2) is 0 Å². The van der Waals surface area contributed by atoms with Gasteiger partial charge in [-0.3, -0.25) is 9.59 Å². The molecule has 1 fully saturated rings. The van der Waals surface area contributed by atoms with Crippen molar-refractivity contribution in [2.75, 3.05) is 13.1 Å². The maximum Gasteiger partial charge on any atom is 0.336 e. The summed E-state index contributed by atoms with van der Waals surface area (Å²) in [7, 11) is 0. The van der Waals surface area contributed by atoms with Gasteiger partial charge in [-0.25, -0.2) is 4.79 Å². The van der Waals surface area contributed by atoms with Crippen LogP contribution in [0.5, 0.6) is 0 Å². The van der Waals surface area contributed by atoms with E-state index in [4.69, 9.17) is 5.11 Å². The Balaban J connectivity index is 1.97. The number of carbonyl (C=O) groups is 3. The van der Waals surface area contributed by atoms with Crippen molar-refractivity contribution in [2.24, 2.45) is 0 Å². The number of nitrogens with zero attached hydrogens (tertiary/aromatic N) is 1. The summed E-state index contributed by atoms with van der Waals surface area (Å²) >= 11 is 0. The smallest absolute Gasteiger partial charge is 0.336 e. The van der Waals surface area contributed by atoms with Crippen LogP contribution >= 0.6 is 0 Å². The topological polar surface area (TPSA) is 86.7 Å². The van der Waals surface area contributed by atoms with Crippen LogP contribution < -0.4 is 5.32 Å². The molecule has 2 N–H and O–H groups in total. The van der Waals surface area contributed by atoms with E-state index >= 15 is 0 Å². The normalized spacial score (nSPS) is 15.4. The van der Waals surface area contributed by atoms with E-state index in [0.717, 1.165) is 0 Å². The Kier molecular flexibility index (Phi) is 5.14. The Morgan fingerprint density at radius 1 is 1.18 bits per heavy atom. The predicted octanol–water partition coefficient (Wildman–Crippen LogP) is 1.52. The van der Waals surface area contributed by atoms with Crippen molar-refractivity contribution in [3.05, 3.63) is 35.4 Å². The summed E-state index contributed by atoms with van der Waals surface area (Å²) in [5.74, 6) is -1.37. The summed E-state index contributed by atoms with van der Waals surface area (Å²) in [6.45, 7) is 3.08. The first-order valence-electron chi connectivity index (χ1n) is 7.44. The molecule has 1 aliphatic heterocycles. The lowest BCUT2D eigenvalue weighted by Crippen LogP contribution is -2.46. The Morgan fingerprint density at radius 3 is 2.32 bits per heavy atom. The Morgan fingerprint density at radius 2 is 1.77 bits per heavy atom. The molecule has 22 heavy (non-hydrogen) atoms. The van der Waals surface area contributed by atoms with Crippen molar-refractivity contribution in [3.8, 4) is 0 Å². The number of amides is 2. The summed E-state index contributed by atoms with van der Waals surface area (Å²) in [5.41, 5.74) is 0.167. The molecule has 1 aromatic carbocycles. The van der Waals surface area contributed by atoms with Crippen LogP contribution in [-0.2, 0) is 4.79 Å². The third-order valence-electron chi connectivity index (χ3n) is 3.89. The van der Waals surface area contributed by atoms with Gasteiger partial charge in [0, 0.05) is 25.6 Å². The number of carboxylic acid groups (broad SMARTS) is 1. The number of aromatic carboxylic acids is 1. The molecular formula is C16H20N2O4. The molecule has 2 amide bonds. The van der Waals surface area contributed by atoms with Gasteiger partial charge in [0.05, 0.1) is 11.1 Å². The standard InChI is InChI=1S/C16H20N2O4/c1-2-14(19)18-9-7-11(8-10-18)17-15(20)12-5-3-4-6-13(12)16(21)22/h3-6,11H,2,7-10H2,1H3,(H,17,20)(H,21,22). The van der Waals surface area contributed by atoms with E-state index in [-0.39, 0.29) is 29.0 Å². The van der Waals surface area contributed by atoms with Crippen LogP contribution in [0.2, 0.25) is 0 Å². The number of likely N-dealkylation sites (tertiary alicyclic amines) is 1. The van der Waals surface area contributed by atoms with Crippen LogP contribution in [0.4, 0.5) is 0 Å². The van der Waals surface area contributed by atoms with Crippen LogP contribution in [0.3, 0.4) is 0 Å². The quantitative estimate of drug-likeness (QED) is 0.883. The first kappa shape index (κ1) is 16.0. The molecule has 6 heteroatoms. The van der Waals surface area contributed by atoms with Gasteiger partial charge in [-0.1, -0.05) is 19.1 Å². The van der Waals surface area contributed by atoms with Crippen molar-refractivity contribution in [1.29, 1.82) is 0 Å². The fourth-order valence-electron chi connectivity index (χ4n) is 2.63. The zero-order valence-electron chi connectivity index (χ0n) is 12.5. The van der Waals surface area contributed by atoms with E-state index in [2.05, 4.69) is 5.32 Å². The second-order valence-corrected chi connectivity index (χ2v) is 5.33. The third-order valence-corrected chi connectivity index (χ3v) is 3.89. The lowest BCUT2D eigenvalue weighted by Gasteiger charge is -2.32. The second kappa shape index (κ2) is 7.06. The van der Waals surface area contributed by atoms with Crippen molar-refractivity contribution < 1.29 is 19.5 Å². The van der Waals surface area contributed by atoms with Crippen molar-refractivity contribution in [2.45, 2.75) is 32.2 Å². The van der Waals surface area contributed by atoms with Crippen LogP contribution in [0.15, 0.2) is 24.3 Å². The Labute approximate surface area is 129 Å². The number of rotatable bonds is 4. The monoisotopic (exact) mass is 304 g/mol. The molecule has 118 valence electrons. The molecule has 0 aliphatic carbocycles. The van der Waals surface area contributed by atoms with Crippen LogP contribution in [0.1, 0.15) is 46.9 Å². The lowest BCUT2D eigenvalue weighted by molar-refractivity contribution is -0.131. The highest BCUT2D eigenvalue weighted by atomic mass is 16.4. The van der Waals surface area contributed by atoms with E-state index in [1.54, 1.807) is 17.0 Å². The average molecular weight is 304 g/mol. The lowest BCUT2D eigenvalue weighted by atomic mass is 10.0. The number of nitrogens with one attached hydrogen (secondary N) is 1. The zero-order valence-corrected chi connectivity index (χ0v) is 12.5. The van der Waals surface area contributed by atoms with E-state index < -0.39 is 5.97 Å². The van der Waals surface area contributed by atoms with Crippen molar-refractivity contribution in [3.63, 3.8) is 0 Å². The fraction of sp³-hybridized carbons (Fsp3) is 0.438. The highest BCUT2D eigenvalue weighted by Gasteiger charge is 2.24. The number of benzene rings is 1. The van der Waals surface area contributed by atoms with Crippen LogP contribution in [-0.4, -0.2) is 46.9 Å². The number of carboxylic acids is 1. The van der Waals surface area contributed by atoms with Crippen molar-refractivity contribution in [1.82, 2.24) is 10.2 Å². The van der Waals surface area contributed by atoms with Crippen LogP contribution in [0, 0.1) is 0 Å². The largest absolute Gasteiger partial charge is 0.478 e. The minimum atomic E-state index is -1.12. The molecule has 1 aromatic rings. The molecular weight excluding hydrogens is 284 g/mol. The summed E-state index contributed by atoms with van der Waals surface area (Å²) in [6, 6.07) is 6.13. The zero-order chi connectivity index (χ0) is 16.1. The highest BCUT2D eigenvalue weighted by molar-refractivity contribution is 6.04. The maximum atomic E-state index is 12.3. The molecule has 6 nitrogen and oxygen atoms in total. The Bertz CT molecular complexity index is 577. The summed E-state index contributed by atoms with van der Waals surface area (Å²) in [5, 5.41) is 12.0. The molecule has 2 rings (SSSR count). The second-order valence-electron chi connectivity index (χ2n) is 5.33. The SMILES string of the molecule is CCC(=O)N1CCC(NC(=O)c2ccccc2C(=O)O)CC1. The minimum Gasteiger partial charge on any atom is -0.478 e. The van der Waals surface area contributed by atoms with Gasteiger partial charge in [-0.15, -0.1) is 0 Å². The Hall–Kier alpha value is -2.37. The maximum absolute atomic E-state index is 12.3. The number of hydrogen-bond donors (Lipinski definition) is 2. The molecule has 0 aromatic heterocycles. The first-order valence-corrected chi connectivity index (χ1v) is 7.44. The summed E-state index contributed by atoms with van der Waals surface area (Å²) in [4.78, 5) is 36.8. The van der Waals surface area contributed by atoms with E-state index in [1.165, 1.54) is 12.1 Å². The highest BCUT2D eigenvalue weighted by Crippen LogP contribution is 2.14. The third kappa shape index (κ3) is 3.63. The minimum absolute atomic E-state index is 0.00130. The molecule has 1 heterocycles. The molecule has 0 radical (unpaired) electrons. The van der Waals surface area contributed by atoms with Gasteiger partial charge in [0.1, 0.15) is 0 Å². The molecule has 1 aliphatic rings. The van der Waals surface area contributed by atoms with Gasteiger partial charge in [0.2, 0.25) is 5.91 Å². The summed E-state index contributed by atoms with van der Waals surface area (Å²) in [6.07, 6.45) is 1.86. The van der Waals surface area contributed by atoms with Gasteiger partial charge in [0.25, 0.3) is 5.91 Å². The van der Waals surface area contributed by atoms with Crippen LogP contribution in [0.25, 0.3) is 0 Å². The van der Waals surface area contributed by atoms with Gasteiger partial charge >= 0.3 is 5.97 Å². The average Bonchev–Trinajstić information content (AvgIpc) is 2.54. The molecule has 0 spiro atoms. The van der Waals surface area contributed by atoms with E-state index in [1.807, 2.05) is 6.92 Å². The molecule has 0 bridgehead atoms. The van der Waals surface area contributed by atoms with E-state index in [9.17, 15) is 14.4 Å². The fourth-order valence-corrected chi connectivity index (χ4v) is 2.63. The predicted molar refractivity (Wildman–Crippen MR) is 80.8 cm³/mol. The summed E-state index contributed by atoms with van der Waals surface area (Å²) < 4.78 is 0. The van der Waals surface area contributed by atoms with E-state index in [0.29, 0.717) is 32.4 Å². The first-order chi connectivity index (χ1) is 10.5. The number of carbonyl (C=O) groups excluding carboxylic acids is 2. The van der Waals surface area contributed by atoms with Gasteiger partial charge in [-0.2, -0.15) is 0 Å². The van der Waals surface area contributed by atoms with Gasteiger partial charge < -0.3 is 15.3 Å². The molecule has 0 saturated carbocycles. The number of piperidine rings is 1. The molecule has 1 saturated heterocycles.